The molecule has 0 saturated heterocycles. The second-order valence-electron chi connectivity index (χ2n) is 2.58. The van der Waals surface area contributed by atoms with Gasteiger partial charge in [-0.25, -0.2) is 4.99 Å². The Morgan fingerprint density at radius 2 is 2.00 bits per heavy atom. The molecule has 1 heterocycles. The van der Waals surface area contributed by atoms with Crippen molar-refractivity contribution in [1.82, 2.24) is 0 Å². The Kier molecular flexibility index (Phi) is 2.27. The lowest BCUT2D eigenvalue weighted by Crippen LogP contribution is -1.86. The first-order valence-corrected chi connectivity index (χ1v) is 4.74. The van der Waals surface area contributed by atoms with E-state index in [-0.39, 0.29) is 5.12 Å². The van der Waals surface area contributed by atoms with Gasteiger partial charge in [-0.3, -0.25) is 4.79 Å². The number of carbonyl (C=O) groups excluding carboxylic acids is 1. The van der Waals surface area contributed by atoms with Crippen molar-refractivity contribution >= 4 is 28.5 Å². The van der Waals surface area contributed by atoms with E-state index >= 15 is 0 Å². The second kappa shape index (κ2) is 3.58. The Morgan fingerprint density at radius 3 is 2.62 bits per heavy atom. The highest BCUT2D eigenvalue weighted by Crippen LogP contribution is 2.19. The molecule has 64 valence electrons. The maximum Gasteiger partial charge on any atom is 0.243 e. The van der Waals surface area contributed by atoms with Crippen molar-refractivity contribution in [2.45, 2.75) is 0 Å². The Morgan fingerprint density at radius 1 is 1.23 bits per heavy atom. The van der Waals surface area contributed by atoms with Crippen LogP contribution in [0.1, 0.15) is 5.56 Å². The molecule has 1 aliphatic rings. The highest BCUT2D eigenvalue weighted by Gasteiger charge is 2.12. The first-order valence-electron chi connectivity index (χ1n) is 3.86. The molecule has 0 spiro atoms. The third kappa shape index (κ3) is 1.87. The topological polar surface area (TPSA) is 29.4 Å². The van der Waals surface area contributed by atoms with Crippen molar-refractivity contribution in [2.24, 2.45) is 4.99 Å². The predicted octanol–water partition coefficient (Wildman–Crippen LogP) is 2.33. The van der Waals surface area contributed by atoms with Crippen molar-refractivity contribution in [3.8, 4) is 0 Å². The second-order valence-corrected chi connectivity index (χ2v) is 3.40. The number of hydrogen-bond donors (Lipinski definition) is 0. The first kappa shape index (κ1) is 8.26. The van der Waals surface area contributed by atoms with E-state index in [4.69, 9.17) is 0 Å². The smallest absolute Gasteiger partial charge is 0.243 e. The summed E-state index contributed by atoms with van der Waals surface area (Å²) in [6.07, 6.45) is 1.79. The number of rotatable bonds is 1. The van der Waals surface area contributed by atoms with Crippen molar-refractivity contribution in [3.63, 3.8) is 0 Å². The van der Waals surface area contributed by atoms with Crippen LogP contribution in [-0.2, 0) is 4.79 Å². The average molecular weight is 189 g/mol. The molecular weight excluding hydrogens is 182 g/mol. The summed E-state index contributed by atoms with van der Waals surface area (Å²) in [7, 11) is 0. The van der Waals surface area contributed by atoms with Gasteiger partial charge < -0.3 is 0 Å². The van der Waals surface area contributed by atoms with Crippen LogP contribution in [0.5, 0.6) is 0 Å². The highest BCUT2D eigenvalue weighted by atomic mass is 32.2. The zero-order valence-corrected chi connectivity index (χ0v) is 7.62. The van der Waals surface area contributed by atoms with Gasteiger partial charge in [0.25, 0.3) is 0 Å². The van der Waals surface area contributed by atoms with Crippen molar-refractivity contribution in [3.05, 3.63) is 41.6 Å². The lowest BCUT2D eigenvalue weighted by Gasteiger charge is -1.92. The summed E-state index contributed by atoms with van der Waals surface area (Å²) in [4.78, 5) is 15.1. The van der Waals surface area contributed by atoms with E-state index in [9.17, 15) is 4.79 Å². The monoisotopic (exact) mass is 189 g/mol. The van der Waals surface area contributed by atoms with Gasteiger partial charge in [-0.05, 0) is 23.4 Å². The molecule has 0 atom stereocenters. The van der Waals surface area contributed by atoms with Gasteiger partial charge in [0, 0.05) is 0 Å². The summed E-state index contributed by atoms with van der Waals surface area (Å²) in [6, 6.07) is 9.69. The molecule has 0 saturated carbocycles. The summed E-state index contributed by atoms with van der Waals surface area (Å²) < 4.78 is 0. The van der Waals surface area contributed by atoms with E-state index in [2.05, 4.69) is 4.99 Å². The fourth-order valence-electron chi connectivity index (χ4n) is 1.05. The molecule has 0 aliphatic carbocycles. The first-order chi connectivity index (χ1) is 6.36. The zero-order valence-electron chi connectivity index (χ0n) is 6.81. The van der Waals surface area contributed by atoms with Gasteiger partial charge in [0.2, 0.25) is 5.12 Å². The molecule has 1 aromatic rings. The standard InChI is InChI=1S/C10H7NOS/c12-10-9(11-7-13-10)6-8-4-2-1-3-5-8/h1-7H. The van der Waals surface area contributed by atoms with Gasteiger partial charge in [0.15, 0.2) is 0 Å². The summed E-state index contributed by atoms with van der Waals surface area (Å²) in [5, 5.41) is 0.0175. The van der Waals surface area contributed by atoms with Crippen LogP contribution < -0.4 is 0 Å². The molecule has 0 unspecified atom stereocenters. The summed E-state index contributed by atoms with van der Waals surface area (Å²) >= 11 is 1.13. The molecular formula is C10H7NOS. The SMILES string of the molecule is O=C1SC=NC1=Cc1ccccc1. The van der Waals surface area contributed by atoms with E-state index in [1.807, 2.05) is 30.3 Å². The Bertz CT molecular complexity index is 381. The average Bonchev–Trinajstić information content (AvgIpc) is 2.54. The lowest BCUT2D eigenvalue weighted by atomic mass is 10.2. The fourth-order valence-corrected chi connectivity index (χ4v) is 1.54. The van der Waals surface area contributed by atoms with Gasteiger partial charge in [0.05, 0.1) is 5.55 Å². The van der Waals surface area contributed by atoms with Crippen LogP contribution in [0.4, 0.5) is 0 Å². The van der Waals surface area contributed by atoms with E-state index in [1.54, 1.807) is 11.6 Å². The van der Waals surface area contributed by atoms with Crippen molar-refractivity contribution in [2.75, 3.05) is 0 Å². The van der Waals surface area contributed by atoms with E-state index in [0.29, 0.717) is 5.70 Å². The van der Waals surface area contributed by atoms with Crippen LogP contribution in [0, 0.1) is 0 Å². The highest BCUT2D eigenvalue weighted by molar-refractivity contribution is 8.25. The van der Waals surface area contributed by atoms with Gasteiger partial charge in [0.1, 0.15) is 5.70 Å². The Labute approximate surface area is 80.4 Å². The van der Waals surface area contributed by atoms with Gasteiger partial charge >= 0.3 is 0 Å². The molecule has 3 heteroatoms. The van der Waals surface area contributed by atoms with E-state index in [0.717, 1.165) is 17.3 Å². The minimum absolute atomic E-state index is 0.0175. The third-order valence-corrected chi connectivity index (χ3v) is 2.30. The number of benzene rings is 1. The third-order valence-electron chi connectivity index (χ3n) is 1.66. The fraction of sp³-hybridized carbons (Fsp3) is 0. The largest absolute Gasteiger partial charge is 0.279 e. The Balaban J connectivity index is 2.30. The van der Waals surface area contributed by atoms with Gasteiger partial charge in [-0.15, -0.1) is 0 Å². The van der Waals surface area contributed by atoms with Crippen LogP contribution in [0.15, 0.2) is 41.0 Å². The number of hydrogen-bond acceptors (Lipinski definition) is 3. The number of nitrogens with zero attached hydrogens (tertiary/aromatic N) is 1. The molecule has 0 bridgehead atoms. The molecule has 2 rings (SSSR count). The number of carbonyl (C=O) groups is 1. The maximum atomic E-state index is 11.1. The summed E-state index contributed by atoms with van der Waals surface area (Å²) in [5.74, 6) is 0. The Hall–Kier alpha value is -1.35. The lowest BCUT2D eigenvalue weighted by molar-refractivity contribution is -0.107. The van der Waals surface area contributed by atoms with Crippen LogP contribution >= 0.6 is 11.8 Å². The maximum absolute atomic E-state index is 11.1. The van der Waals surface area contributed by atoms with Crippen LogP contribution in [-0.4, -0.2) is 10.7 Å². The molecule has 0 N–H and O–H groups in total. The molecule has 2 nitrogen and oxygen atoms in total. The predicted molar refractivity (Wildman–Crippen MR) is 55.5 cm³/mol. The minimum Gasteiger partial charge on any atom is -0.279 e. The quantitative estimate of drug-likeness (QED) is 0.634. The van der Waals surface area contributed by atoms with Gasteiger partial charge in [-0.1, -0.05) is 30.3 Å². The van der Waals surface area contributed by atoms with Crippen LogP contribution in [0.2, 0.25) is 0 Å². The summed E-state index contributed by atoms with van der Waals surface area (Å²) in [5.41, 5.74) is 3.10. The normalized spacial score (nSPS) is 18.5. The van der Waals surface area contributed by atoms with Crippen molar-refractivity contribution in [1.29, 1.82) is 0 Å². The zero-order chi connectivity index (χ0) is 9.10. The van der Waals surface area contributed by atoms with Gasteiger partial charge in [-0.2, -0.15) is 0 Å². The summed E-state index contributed by atoms with van der Waals surface area (Å²) in [6.45, 7) is 0. The van der Waals surface area contributed by atoms with E-state index in [1.165, 1.54) is 0 Å². The molecule has 13 heavy (non-hydrogen) atoms. The van der Waals surface area contributed by atoms with E-state index < -0.39 is 0 Å². The molecule has 0 radical (unpaired) electrons. The molecule has 0 aromatic heterocycles. The van der Waals surface area contributed by atoms with Crippen LogP contribution in [0.25, 0.3) is 6.08 Å². The number of thioether (sulfide) groups is 1. The molecule has 0 fully saturated rings. The van der Waals surface area contributed by atoms with Crippen LogP contribution in [0.3, 0.4) is 0 Å². The number of aliphatic imine (C=N–C) groups is 1. The van der Waals surface area contributed by atoms with Crippen molar-refractivity contribution < 1.29 is 4.79 Å². The molecule has 1 aromatic carbocycles. The molecule has 1 aliphatic heterocycles. The minimum atomic E-state index is 0.0175. The molecule has 0 amide bonds.